The van der Waals surface area contributed by atoms with Crippen LogP contribution in [0.4, 0.5) is 16.3 Å². The van der Waals surface area contributed by atoms with Gasteiger partial charge in [0.25, 0.3) is 0 Å². The molecule has 1 atom stereocenters. The summed E-state index contributed by atoms with van der Waals surface area (Å²) in [4.78, 5) is 15.9. The van der Waals surface area contributed by atoms with Gasteiger partial charge in [-0.15, -0.1) is 0 Å². The summed E-state index contributed by atoms with van der Waals surface area (Å²) in [5.74, 6) is 1.52. The summed E-state index contributed by atoms with van der Waals surface area (Å²) in [5, 5.41) is 6.74. The normalized spacial score (nSPS) is 19.4. The van der Waals surface area contributed by atoms with Gasteiger partial charge < -0.3 is 20.1 Å². The predicted molar refractivity (Wildman–Crippen MR) is 127 cm³/mol. The number of nitrogens with zero attached hydrogens (tertiary/aromatic N) is 4. The fourth-order valence-electron chi connectivity index (χ4n) is 4.75. The van der Waals surface area contributed by atoms with E-state index in [4.69, 9.17) is 9.47 Å². The molecule has 1 aliphatic heterocycles. The topological polar surface area (TPSA) is 84.4 Å². The Morgan fingerprint density at radius 2 is 1.76 bits per heavy atom. The Labute approximate surface area is 195 Å². The van der Waals surface area contributed by atoms with Gasteiger partial charge in [0, 0.05) is 25.2 Å². The van der Waals surface area contributed by atoms with E-state index in [0.29, 0.717) is 29.6 Å². The van der Waals surface area contributed by atoms with E-state index in [2.05, 4.69) is 37.4 Å². The summed E-state index contributed by atoms with van der Waals surface area (Å²) in [7, 11) is 1.43. The molecule has 0 amide bonds. The van der Waals surface area contributed by atoms with Gasteiger partial charge in [0.2, 0.25) is 11.9 Å². The lowest BCUT2D eigenvalue weighted by Gasteiger charge is -2.23. The van der Waals surface area contributed by atoms with Gasteiger partial charge in [-0.25, -0.2) is 4.39 Å². The molecule has 1 unspecified atom stereocenters. The molecule has 1 saturated heterocycles. The quantitative estimate of drug-likeness (QED) is 0.530. The third kappa shape index (κ3) is 6.43. The van der Waals surface area contributed by atoms with E-state index in [1.54, 1.807) is 6.07 Å². The van der Waals surface area contributed by atoms with Crippen LogP contribution in [0.5, 0.6) is 17.5 Å². The number of hydrogen-bond acceptors (Lipinski definition) is 8. The summed E-state index contributed by atoms with van der Waals surface area (Å²) in [5.41, 5.74) is 0. The number of methoxy groups -OCH3 is 1. The maximum atomic E-state index is 14.1. The van der Waals surface area contributed by atoms with Crippen LogP contribution in [-0.2, 0) is 0 Å². The number of hydrogen-bond donors (Lipinski definition) is 2. The molecular weight excluding hydrogens is 423 g/mol. The van der Waals surface area contributed by atoms with Crippen LogP contribution in [0.1, 0.15) is 51.9 Å². The Hall–Kier alpha value is -2.68. The highest BCUT2D eigenvalue weighted by molar-refractivity contribution is 5.39. The van der Waals surface area contributed by atoms with Crippen LogP contribution in [0.15, 0.2) is 18.2 Å². The first-order valence-corrected chi connectivity index (χ1v) is 12.1. The first-order chi connectivity index (χ1) is 16.1. The Balaban J connectivity index is 1.48. The van der Waals surface area contributed by atoms with E-state index in [1.165, 1.54) is 57.8 Å². The van der Waals surface area contributed by atoms with E-state index in [9.17, 15) is 4.39 Å². The Bertz CT molecular complexity index is 909. The van der Waals surface area contributed by atoms with Crippen molar-refractivity contribution in [3.63, 3.8) is 0 Å². The molecule has 0 bridgehead atoms. The third-order valence-corrected chi connectivity index (χ3v) is 6.62. The summed E-state index contributed by atoms with van der Waals surface area (Å²) in [6.07, 6.45) is 8.71. The molecule has 0 radical (unpaired) electrons. The summed E-state index contributed by atoms with van der Waals surface area (Å²) in [6, 6.07) is 5.01. The predicted octanol–water partition coefficient (Wildman–Crippen LogP) is 4.70. The van der Waals surface area contributed by atoms with E-state index in [1.807, 2.05) is 0 Å². The molecule has 4 rings (SSSR count). The van der Waals surface area contributed by atoms with Crippen molar-refractivity contribution < 1.29 is 13.9 Å². The second-order valence-electron chi connectivity index (χ2n) is 8.85. The summed E-state index contributed by atoms with van der Waals surface area (Å²) < 4.78 is 24.9. The number of benzene rings is 1. The number of halogens is 1. The Kier molecular flexibility index (Phi) is 8.15. The zero-order valence-electron chi connectivity index (χ0n) is 19.6. The first-order valence-electron chi connectivity index (χ1n) is 12.1. The highest BCUT2D eigenvalue weighted by Gasteiger charge is 2.23. The van der Waals surface area contributed by atoms with Crippen LogP contribution in [0, 0.1) is 11.7 Å². The number of ether oxygens (including phenoxy) is 2. The molecule has 1 aliphatic carbocycles. The molecule has 9 heteroatoms. The highest BCUT2D eigenvalue weighted by Crippen LogP contribution is 2.27. The minimum absolute atomic E-state index is 0.127. The zero-order chi connectivity index (χ0) is 23.0. The zero-order valence-corrected chi connectivity index (χ0v) is 19.6. The van der Waals surface area contributed by atoms with Crippen LogP contribution in [0.3, 0.4) is 0 Å². The average Bonchev–Trinajstić information content (AvgIpc) is 3.30. The van der Waals surface area contributed by atoms with E-state index in [-0.39, 0.29) is 11.8 Å². The van der Waals surface area contributed by atoms with Crippen molar-refractivity contribution in [1.29, 1.82) is 0 Å². The maximum absolute atomic E-state index is 14.1. The monoisotopic (exact) mass is 458 g/mol. The first kappa shape index (κ1) is 23.5. The molecule has 2 aliphatic rings. The molecule has 2 fully saturated rings. The molecule has 0 spiro atoms. The highest BCUT2D eigenvalue weighted by atomic mass is 19.1. The molecule has 8 nitrogen and oxygen atoms in total. The molecular formula is C24H35FN6O2. The third-order valence-electron chi connectivity index (χ3n) is 6.62. The summed E-state index contributed by atoms with van der Waals surface area (Å²) in [6.45, 7) is 5.94. The van der Waals surface area contributed by atoms with Crippen molar-refractivity contribution in [2.75, 3.05) is 43.9 Å². The fourth-order valence-corrected chi connectivity index (χ4v) is 4.75. The minimum atomic E-state index is -0.501. The van der Waals surface area contributed by atoms with Crippen molar-refractivity contribution >= 4 is 11.9 Å². The van der Waals surface area contributed by atoms with Crippen molar-refractivity contribution in [1.82, 2.24) is 19.9 Å². The second kappa shape index (κ2) is 11.4. The maximum Gasteiger partial charge on any atom is 0.328 e. The van der Waals surface area contributed by atoms with Crippen LogP contribution >= 0.6 is 0 Å². The average molecular weight is 459 g/mol. The van der Waals surface area contributed by atoms with Gasteiger partial charge in [-0.05, 0) is 56.8 Å². The van der Waals surface area contributed by atoms with Gasteiger partial charge in [-0.1, -0.05) is 26.2 Å². The largest absolute Gasteiger partial charge is 0.494 e. The van der Waals surface area contributed by atoms with E-state index < -0.39 is 5.82 Å². The summed E-state index contributed by atoms with van der Waals surface area (Å²) >= 11 is 0. The van der Waals surface area contributed by atoms with Crippen molar-refractivity contribution in [2.45, 2.75) is 57.9 Å². The number of rotatable bonds is 10. The SMILES string of the molecule is CCN1CCCC1CNc1nc(NCC2CCCCC2)nc(Oc2ccc(OC)c(F)c2)n1. The van der Waals surface area contributed by atoms with Crippen LogP contribution < -0.4 is 20.1 Å². The number of likely N-dealkylation sites (tertiary alicyclic amines) is 1. The Morgan fingerprint density at radius 3 is 2.45 bits per heavy atom. The van der Waals surface area contributed by atoms with Gasteiger partial charge in [-0.3, -0.25) is 4.90 Å². The smallest absolute Gasteiger partial charge is 0.328 e. The number of anilines is 2. The lowest BCUT2D eigenvalue weighted by Crippen LogP contribution is -2.35. The lowest BCUT2D eigenvalue weighted by atomic mass is 9.89. The number of likely N-dealkylation sites (N-methyl/N-ethyl adjacent to an activating group) is 1. The standard InChI is InChI=1S/C24H35FN6O2/c1-3-31-13-7-10-18(31)16-27-23-28-22(26-15-17-8-5-4-6-9-17)29-24(30-23)33-19-11-12-21(32-2)20(25)14-19/h11-12,14,17-18H,3-10,13,15-16H2,1-2H3,(H2,26,27,28,29,30). The molecule has 2 N–H and O–H groups in total. The van der Waals surface area contributed by atoms with Crippen LogP contribution in [0.2, 0.25) is 0 Å². The van der Waals surface area contributed by atoms with Crippen LogP contribution in [0.25, 0.3) is 0 Å². The lowest BCUT2D eigenvalue weighted by molar-refractivity contribution is 0.276. The molecule has 33 heavy (non-hydrogen) atoms. The van der Waals surface area contributed by atoms with E-state index in [0.717, 1.165) is 32.6 Å². The fraction of sp³-hybridized carbons (Fsp3) is 0.625. The minimum Gasteiger partial charge on any atom is -0.494 e. The Morgan fingerprint density at radius 1 is 1.00 bits per heavy atom. The molecule has 1 saturated carbocycles. The van der Waals surface area contributed by atoms with Crippen LogP contribution in [-0.4, -0.2) is 59.2 Å². The molecule has 180 valence electrons. The second-order valence-corrected chi connectivity index (χ2v) is 8.85. The van der Waals surface area contributed by atoms with Gasteiger partial charge in [-0.2, -0.15) is 15.0 Å². The van der Waals surface area contributed by atoms with Crippen molar-refractivity contribution in [3.05, 3.63) is 24.0 Å². The van der Waals surface area contributed by atoms with Gasteiger partial charge in [0.05, 0.1) is 7.11 Å². The van der Waals surface area contributed by atoms with Gasteiger partial charge in [0.1, 0.15) is 5.75 Å². The van der Waals surface area contributed by atoms with Crippen molar-refractivity contribution in [2.24, 2.45) is 5.92 Å². The van der Waals surface area contributed by atoms with Gasteiger partial charge >= 0.3 is 6.01 Å². The molecule has 2 aromatic rings. The van der Waals surface area contributed by atoms with Crippen molar-refractivity contribution in [3.8, 4) is 17.5 Å². The number of aromatic nitrogens is 3. The van der Waals surface area contributed by atoms with Gasteiger partial charge in [0.15, 0.2) is 11.6 Å². The molecule has 2 heterocycles. The molecule has 1 aromatic carbocycles. The van der Waals surface area contributed by atoms with E-state index >= 15 is 0 Å². The molecule has 1 aromatic heterocycles. The number of nitrogens with one attached hydrogen (secondary N) is 2.